The Morgan fingerprint density at radius 2 is 1.61 bits per heavy atom. The van der Waals surface area contributed by atoms with E-state index < -0.39 is 0 Å². The quantitative estimate of drug-likeness (QED) is 0.706. The van der Waals surface area contributed by atoms with Gasteiger partial charge in [-0.05, 0) is 57.8 Å². The minimum atomic E-state index is 0.620. The van der Waals surface area contributed by atoms with E-state index in [1.807, 2.05) is 13.8 Å². The molecule has 5 heteroatoms. The smallest absolute Gasteiger partial charge is 0.163 e. The SMILES string of the molecule is CCOc1cc2c(CCCN)cn(CCCN)c2cc1OCC. The van der Waals surface area contributed by atoms with Crippen LogP contribution in [-0.4, -0.2) is 30.9 Å². The Morgan fingerprint density at radius 1 is 0.957 bits per heavy atom. The van der Waals surface area contributed by atoms with Crippen LogP contribution in [0.1, 0.15) is 32.3 Å². The van der Waals surface area contributed by atoms with Gasteiger partial charge >= 0.3 is 0 Å². The molecule has 1 aromatic heterocycles. The van der Waals surface area contributed by atoms with Gasteiger partial charge in [0.1, 0.15) is 0 Å². The molecular weight excluding hydrogens is 290 g/mol. The summed E-state index contributed by atoms with van der Waals surface area (Å²) in [5, 5.41) is 1.22. The van der Waals surface area contributed by atoms with Crippen LogP contribution in [0.15, 0.2) is 18.3 Å². The molecule has 5 nitrogen and oxygen atoms in total. The van der Waals surface area contributed by atoms with E-state index in [9.17, 15) is 0 Å². The van der Waals surface area contributed by atoms with Crippen LogP contribution in [0.4, 0.5) is 0 Å². The molecule has 1 aromatic carbocycles. The topological polar surface area (TPSA) is 75.4 Å². The van der Waals surface area contributed by atoms with E-state index in [2.05, 4.69) is 22.9 Å². The van der Waals surface area contributed by atoms with Crippen molar-refractivity contribution in [2.45, 2.75) is 39.7 Å². The molecule has 0 atom stereocenters. The number of rotatable bonds is 10. The van der Waals surface area contributed by atoms with E-state index >= 15 is 0 Å². The molecular formula is C18H29N3O2. The van der Waals surface area contributed by atoms with Gasteiger partial charge in [0, 0.05) is 24.2 Å². The summed E-state index contributed by atoms with van der Waals surface area (Å²) in [5.41, 5.74) is 13.8. The Balaban J connectivity index is 2.50. The van der Waals surface area contributed by atoms with Crippen LogP contribution in [0, 0.1) is 0 Å². The van der Waals surface area contributed by atoms with Crippen molar-refractivity contribution in [2.24, 2.45) is 11.5 Å². The second-order valence-electron chi connectivity index (χ2n) is 5.56. The highest BCUT2D eigenvalue weighted by Crippen LogP contribution is 2.35. The van der Waals surface area contributed by atoms with Gasteiger partial charge in [0.2, 0.25) is 0 Å². The van der Waals surface area contributed by atoms with Gasteiger partial charge in [-0.1, -0.05) is 0 Å². The first-order valence-corrected chi connectivity index (χ1v) is 8.56. The van der Waals surface area contributed by atoms with E-state index in [0.29, 0.717) is 26.3 Å². The van der Waals surface area contributed by atoms with Crippen molar-refractivity contribution in [1.82, 2.24) is 4.57 Å². The zero-order valence-electron chi connectivity index (χ0n) is 14.3. The van der Waals surface area contributed by atoms with Gasteiger partial charge in [-0.25, -0.2) is 0 Å². The normalized spacial score (nSPS) is 11.1. The summed E-state index contributed by atoms with van der Waals surface area (Å²) in [7, 11) is 0. The average Bonchev–Trinajstić information content (AvgIpc) is 2.88. The van der Waals surface area contributed by atoms with Crippen molar-refractivity contribution in [3.8, 4) is 11.5 Å². The van der Waals surface area contributed by atoms with Gasteiger partial charge in [0.15, 0.2) is 11.5 Å². The second kappa shape index (κ2) is 8.79. The average molecular weight is 319 g/mol. The first kappa shape index (κ1) is 17.6. The lowest BCUT2D eigenvalue weighted by Gasteiger charge is -2.12. The van der Waals surface area contributed by atoms with Crippen molar-refractivity contribution >= 4 is 10.9 Å². The molecule has 0 aliphatic carbocycles. The summed E-state index contributed by atoms with van der Waals surface area (Å²) >= 11 is 0. The number of aryl methyl sites for hydroxylation is 2. The van der Waals surface area contributed by atoms with Crippen LogP contribution in [0.3, 0.4) is 0 Å². The number of fused-ring (bicyclic) bond motifs is 1. The minimum Gasteiger partial charge on any atom is -0.490 e. The van der Waals surface area contributed by atoms with Crippen LogP contribution in [0.25, 0.3) is 10.9 Å². The van der Waals surface area contributed by atoms with Crippen LogP contribution in [-0.2, 0) is 13.0 Å². The molecule has 1 heterocycles. The molecule has 0 unspecified atom stereocenters. The van der Waals surface area contributed by atoms with Gasteiger partial charge in [-0.2, -0.15) is 0 Å². The third-order valence-electron chi connectivity index (χ3n) is 3.88. The molecule has 0 bridgehead atoms. The maximum absolute atomic E-state index is 5.77. The molecule has 4 N–H and O–H groups in total. The number of hydrogen-bond donors (Lipinski definition) is 2. The largest absolute Gasteiger partial charge is 0.490 e. The lowest BCUT2D eigenvalue weighted by molar-refractivity contribution is 0.288. The Labute approximate surface area is 138 Å². The lowest BCUT2D eigenvalue weighted by Crippen LogP contribution is -2.05. The number of nitrogens with two attached hydrogens (primary N) is 2. The van der Waals surface area contributed by atoms with Crippen LogP contribution in [0.5, 0.6) is 11.5 Å². The highest BCUT2D eigenvalue weighted by atomic mass is 16.5. The maximum atomic E-state index is 5.77. The van der Waals surface area contributed by atoms with Crippen LogP contribution < -0.4 is 20.9 Å². The lowest BCUT2D eigenvalue weighted by atomic mass is 10.1. The number of nitrogens with zero attached hydrogens (tertiary/aromatic N) is 1. The van der Waals surface area contributed by atoms with E-state index in [-0.39, 0.29) is 0 Å². The van der Waals surface area contributed by atoms with E-state index in [1.54, 1.807) is 0 Å². The van der Waals surface area contributed by atoms with Crippen molar-refractivity contribution in [2.75, 3.05) is 26.3 Å². The van der Waals surface area contributed by atoms with Crippen molar-refractivity contribution in [3.63, 3.8) is 0 Å². The van der Waals surface area contributed by atoms with Crippen LogP contribution >= 0.6 is 0 Å². The molecule has 0 amide bonds. The standard InChI is InChI=1S/C18H29N3O2/c1-3-22-17-11-15-14(7-5-8-19)13-21(10-6-9-20)16(15)12-18(17)23-4-2/h11-13H,3-10,19-20H2,1-2H3. The monoisotopic (exact) mass is 319 g/mol. The van der Waals surface area contributed by atoms with Gasteiger partial charge in [0.05, 0.1) is 18.7 Å². The summed E-state index contributed by atoms with van der Waals surface area (Å²) in [5.74, 6) is 1.62. The fourth-order valence-electron chi connectivity index (χ4n) is 2.85. The molecule has 23 heavy (non-hydrogen) atoms. The molecule has 2 aromatic rings. The first-order valence-electron chi connectivity index (χ1n) is 8.56. The Kier molecular flexibility index (Phi) is 6.74. The predicted octanol–water partition coefficient (Wildman–Crippen LogP) is 2.68. The number of ether oxygens (including phenoxy) is 2. The van der Waals surface area contributed by atoms with E-state index in [0.717, 1.165) is 37.3 Å². The van der Waals surface area contributed by atoms with Gasteiger partial charge in [-0.3, -0.25) is 0 Å². The number of aromatic nitrogens is 1. The first-order chi connectivity index (χ1) is 11.2. The number of benzene rings is 1. The fraction of sp³-hybridized carbons (Fsp3) is 0.556. The Morgan fingerprint density at radius 3 is 2.22 bits per heavy atom. The summed E-state index contributed by atoms with van der Waals surface area (Å²) in [6.07, 6.45) is 5.13. The molecule has 0 spiro atoms. The minimum absolute atomic E-state index is 0.620. The van der Waals surface area contributed by atoms with E-state index in [1.165, 1.54) is 16.5 Å². The summed E-state index contributed by atoms with van der Waals surface area (Å²) in [6.45, 7) is 7.52. The molecule has 2 rings (SSSR count). The fourth-order valence-corrected chi connectivity index (χ4v) is 2.85. The molecule has 128 valence electrons. The Bertz CT molecular complexity index is 570. The summed E-state index contributed by atoms with van der Waals surface area (Å²) < 4.78 is 13.8. The molecule has 0 saturated carbocycles. The number of hydrogen-bond acceptors (Lipinski definition) is 4. The zero-order valence-corrected chi connectivity index (χ0v) is 14.3. The van der Waals surface area contributed by atoms with Crippen LogP contribution in [0.2, 0.25) is 0 Å². The van der Waals surface area contributed by atoms with Crippen molar-refractivity contribution < 1.29 is 9.47 Å². The molecule has 0 radical (unpaired) electrons. The predicted molar refractivity (Wildman–Crippen MR) is 95.3 cm³/mol. The second-order valence-corrected chi connectivity index (χ2v) is 5.56. The van der Waals surface area contributed by atoms with Crippen molar-refractivity contribution in [3.05, 3.63) is 23.9 Å². The Hall–Kier alpha value is -1.72. The van der Waals surface area contributed by atoms with E-state index in [4.69, 9.17) is 20.9 Å². The third-order valence-corrected chi connectivity index (χ3v) is 3.88. The highest BCUT2D eigenvalue weighted by molar-refractivity contribution is 5.87. The summed E-state index contributed by atoms with van der Waals surface area (Å²) in [4.78, 5) is 0. The van der Waals surface area contributed by atoms with Crippen molar-refractivity contribution in [1.29, 1.82) is 0 Å². The molecule has 0 fully saturated rings. The van der Waals surface area contributed by atoms with Gasteiger partial charge < -0.3 is 25.5 Å². The molecule has 0 saturated heterocycles. The maximum Gasteiger partial charge on any atom is 0.163 e. The van der Waals surface area contributed by atoms with Gasteiger partial charge in [-0.15, -0.1) is 0 Å². The summed E-state index contributed by atoms with van der Waals surface area (Å²) in [6, 6.07) is 4.20. The molecule has 0 aliphatic heterocycles. The zero-order chi connectivity index (χ0) is 16.7. The molecule has 0 aliphatic rings. The third kappa shape index (κ3) is 4.18. The highest BCUT2D eigenvalue weighted by Gasteiger charge is 2.14. The van der Waals surface area contributed by atoms with Gasteiger partial charge in [0.25, 0.3) is 0 Å².